The summed E-state index contributed by atoms with van der Waals surface area (Å²) in [5, 5.41) is 21.3. The Bertz CT molecular complexity index is 1000. The number of hydrogen-bond acceptors (Lipinski definition) is 4. The van der Waals surface area contributed by atoms with Gasteiger partial charge in [-0.1, -0.05) is 42.0 Å². The van der Waals surface area contributed by atoms with Crippen molar-refractivity contribution in [3.8, 4) is 11.5 Å². The number of ether oxygens (including phenoxy) is 1. The number of hydrogen-bond donors (Lipinski definition) is 1. The van der Waals surface area contributed by atoms with Crippen molar-refractivity contribution in [3.63, 3.8) is 0 Å². The van der Waals surface area contributed by atoms with Gasteiger partial charge in [-0.15, -0.1) is 5.11 Å². The van der Waals surface area contributed by atoms with Crippen molar-refractivity contribution in [1.29, 1.82) is 0 Å². The molecular weight excluding hydrogens is 324 g/mol. The average molecular weight is 346 g/mol. The second-order valence-electron chi connectivity index (χ2n) is 7.45. The zero-order valence-electron chi connectivity index (χ0n) is 15.3. The van der Waals surface area contributed by atoms with Crippen LogP contribution in [0.3, 0.4) is 0 Å². The van der Waals surface area contributed by atoms with Gasteiger partial charge in [-0.05, 0) is 45.7 Å². The third-order valence-corrected chi connectivity index (χ3v) is 4.87. The fourth-order valence-corrected chi connectivity index (χ4v) is 3.35. The van der Waals surface area contributed by atoms with E-state index in [4.69, 9.17) is 4.74 Å². The molecule has 0 amide bonds. The number of fused-ring (bicyclic) bond motifs is 2. The molecule has 0 unspecified atom stereocenters. The molecule has 0 atom stereocenters. The van der Waals surface area contributed by atoms with Crippen LogP contribution in [-0.4, -0.2) is 10.7 Å². The van der Waals surface area contributed by atoms with E-state index in [2.05, 4.69) is 24.1 Å². The molecule has 0 aromatic heterocycles. The predicted octanol–water partition coefficient (Wildman–Crippen LogP) is 6.37. The molecule has 1 aliphatic heterocycles. The largest absolute Gasteiger partial charge is 0.507 e. The summed E-state index contributed by atoms with van der Waals surface area (Å²) in [4.78, 5) is 0. The molecule has 1 N–H and O–H groups in total. The minimum absolute atomic E-state index is 0.292. The van der Waals surface area contributed by atoms with Crippen molar-refractivity contribution in [2.75, 3.05) is 0 Å². The Labute approximate surface area is 153 Å². The fourth-order valence-electron chi connectivity index (χ4n) is 3.35. The third-order valence-electron chi connectivity index (χ3n) is 4.87. The molecule has 132 valence electrons. The lowest BCUT2D eigenvalue weighted by atomic mass is 9.91. The van der Waals surface area contributed by atoms with Crippen LogP contribution in [0.4, 0.5) is 11.4 Å². The van der Waals surface area contributed by atoms with Gasteiger partial charge in [0, 0.05) is 16.3 Å². The summed E-state index contributed by atoms with van der Waals surface area (Å²) in [5.74, 6) is 0.939. The molecule has 1 heterocycles. The zero-order valence-corrected chi connectivity index (χ0v) is 15.3. The molecule has 1 aliphatic rings. The van der Waals surface area contributed by atoms with Crippen LogP contribution >= 0.6 is 0 Å². The van der Waals surface area contributed by atoms with Crippen molar-refractivity contribution in [3.05, 3.63) is 59.7 Å². The van der Waals surface area contributed by atoms with Crippen LogP contribution in [0.15, 0.2) is 58.8 Å². The third kappa shape index (κ3) is 2.92. The van der Waals surface area contributed by atoms with Gasteiger partial charge in [0.05, 0.1) is 5.69 Å². The smallest absolute Gasteiger partial charge is 0.155 e. The van der Waals surface area contributed by atoms with E-state index in [1.54, 1.807) is 0 Å². The topological polar surface area (TPSA) is 54.2 Å². The second kappa shape index (κ2) is 6.13. The minimum atomic E-state index is -0.296. The van der Waals surface area contributed by atoms with E-state index in [1.165, 1.54) is 5.56 Å². The Balaban J connectivity index is 1.92. The normalized spacial score (nSPS) is 15.8. The second-order valence-corrected chi connectivity index (χ2v) is 7.45. The maximum atomic E-state index is 10.8. The van der Waals surface area contributed by atoms with E-state index in [0.29, 0.717) is 17.2 Å². The van der Waals surface area contributed by atoms with Crippen LogP contribution in [0, 0.1) is 6.92 Å². The van der Waals surface area contributed by atoms with Crippen LogP contribution in [0.2, 0.25) is 0 Å². The standard InChI is InChI=1S/C22H22N2O2/c1-14-8-10-15(11-9-14)23-24-19-16-6-4-5-7-17(16)20(25)18-12-13-22(2,3)26-21(18)19/h4-11,25H,12-13H2,1-3H3. The monoisotopic (exact) mass is 346 g/mol. The van der Waals surface area contributed by atoms with Gasteiger partial charge in [0.2, 0.25) is 0 Å². The maximum Gasteiger partial charge on any atom is 0.155 e. The molecule has 0 radical (unpaired) electrons. The lowest BCUT2D eigenvalue weighted by Gasteiger charge is -2.34. The van der Waals surface area contributed by atoms with E-state index >= 15 is 0 Å². The van der Waals surface area contributed by atoms with Crippen molar-refractivity contribution in [2.24, 2.45) is 10.2 Å². The molecule has 4 rings (SSSR count). The minimum Gasteiger partial charge on any atom is -0.507 e. The van der Waals surface area contributed by atoms with Gasteiger partial charge in [0.15, 0.2) is 5.75 Å². The molecule has 3 aromatic carbocycles. The first-order valence-corrected chi connectivity index (χ1v) is 8.88. The summed E-state index contributed by atoms with van der Waals surface area (Å²) in [6, 6.07) is 15.6. The molecule has 4 heteroatoms. The quantitative estimate of drug-likeness (QED) is 0.548. The molecule has 4 nitrogen and oxygen atoms in total. The molecule has 0 saturated heterocycles. The van der Waals surface area contributed by atoms with E-state index in [-0.39, 0.29) is 5.60 Å². The van der Waals surface area contributed by atoms with Crippen molar-refractivity contribution >= 4 is 22.1 Å². The van der Waals surface area contributed by atoms with E-state index in [0.717, 1.165) is 34.9 Å². The van der Waals surface area contributed by atoms with Gasteiger partial charge in [0.1, 0.15) is 17.0 Å². The molecule has 0 aliphatic carbocycles. The maximum absolute atomic E-state index is 10.8. The van der Waals surface area contributed by atoms with Crippen molar-refractivity contribution in [1.82, 2.24) is 0 Å². The molecule has 26 heavy (non-hydrogen) atoms. The first-order chi connectivity index (χ1) is 12.4. The van der Waals surface area contributed by atoms with Gasteiger partial charge in [-0.2, -0.15) is 5.11 Å². The average Bonchev–Trinajstić information content (AvgIpc) is 2.62. The highest BCUT2D eigenvalue weighted by atomic mass is 16.5. The highest BCUT2D eigenvalue weighted by molar-refractivity contribution is 6.01. The fraction of sp³-hybridized carbons (Fsp3) is 0.273. The van der Waals surface area contributed by atoms with Crippen LogP contribution < -0.4 is 4.74 Å². The van der Waals surface area contributed by atoms with Crippen LogP contribution in [-0.2, 0) is 6.42 Å². The zero-order chi connectivity index (χ0) is 18.3. The predicted molar refractivity (Wildman–Crippen MR) is 104 cm³/mol. The summed E-state index contributed by atoms with van der Waals surface area (Å²) in [5.41, 5.74) is 3.18. The Morgan fingerprint density at radius 3 is 2.38 bits per heavy atom. The lowest BCUT2D eigenvalue weighted by Crippen LogP contribution is -2.32. The van der Waals surface area contributed by atoms with Crippen LogP contribution in [0.1, 0.15) is 31.4 Å². The Kier molecular flexibility index (Phi) is 3.91. The number of nitrogens with zero attached hydrogens (tertiary/aromatic N) is 2. The molecule has 0 fully saturated rings. The number of azo groups is 1. The molecule has 0 spiro atoms. The summed E-state index contributed by atoms with van der Waals surface area (Å²) in [6.45, 7) is 6.16. The molecule has 0 bridgehead atoms. The number of aryl methyl sites for hydroxylation is 1. The highest BCUT2D eigenvalue weighted by Gasteiger charge is 2.32. The van der Waals surface area contributed by atoms with Gasteiger partial charge in [-0.3, -0.25) is 0 Å². The van der Waals surface area contributed by atoms with E-state index in [9.17, 15) is 5.11 Å². The van der Waals surface area contributed by atoms with Gasteiger partial charge in [0.25, 0.3) is 0 Å². The van der Waals surface area contributed by atoms with Crippen molar-refractivity contribution in [2.45, 2.75) is 39.2 Å². The summed E-state index contributed by atoms with van der Waals surface area (Å²) in [7, 11) is 0. The lowest BCUT2D eigenvalue weighted by molar-refractivity contribution is 0.0847. The van der Waals surface area contributed by atoms with E-state index in [1.807, 2.05) is 55.5 Å². The van der Waals surface area contributed by atoms with Gasteiger partial charge < -0.3 is 9.84 Å². The number of aromatic hydroxyl groups is 1. The number of phenols is 1. The first kappa shape index (κ1) is 16.6. The Morgan fingerprint density at radius 2 is 1.65 bits per heavy atom. The first-order valence-electron chi connectivity index (χ1n) is 8.88. The van der Waals surface area contributed by atoms with Crippen molar-refractivity contribution < 1.29 is 9.84 Å². The number of phenolic OH excluding ortho intramolecular Hbond substituents is 1. The number of rotatable bonds is 2. The SMILES string of the molecule is Cc1ccc(N=Nc2c3c(c(O)c4ccccc24)CCC(C)(C)O3)cc1. The highest BCUT2D eigenvalue weighted by Crippen LogP contribution is 2.50. The summed E-state index contributed by atoms with van der Waals surface area (Å²) in [6.07, 6.45) is 1.60. The Morgan fingerprint density at radius 1 is 0.962 bits per heavy atom. The molecule has 0 saturated carbocycles. The number of benzene rings is 3. The van der Waals surface area contributed by atoms with Gasteiger partial charge in [-0.25, -0.2) is 0 Å². The molecule has 3 aromatic rings. The summed E-state index contributed by atoms with van der Waals surface area (Å²) >= 11 is 0. The van der Waals surface area contributed by atoms with Gasteiger partial charge >= 0.3 is 0 Å². The van der Waals surface area contributed by atoms with E-state index < -0.39 is 0 Å². The molecular formula is C22H22N2O2. The Hall–Kier alpha value is -2.88. The summed E-state index contributed by atoms with van der Waals surface area (Å²) < 4.78 is 6.23. The van der Waals surface area contributed by atoms with Crippen LogP contribution in [0.25, 0.3) is 10.8 Å². The van der Waals surface area contributed by atoms with Crippen LogP contribution in [0.5, 0.6) is 11.5 Å².